The van der Waals surface area contributed by atoms with Crippen molar-refractivity contribution in [3.63, 3.8) is 0 Å². The van der Waals surface area contributed by atoms with Crippen molar-refractivity contribution in [2.24, 2.45) is 0 Å². The fourth-order valence-electron chi connectivity index (χ4n) is 0.934. The standard InChI is InChI=1S/C8H9F2NO3S/c1-3-5(8(13)14-2)15-7(11-3)4(12)6(9)10/h4,6,12H,1-2H3. The van der Waals surface area contributed by atoms with Gasteiger partial charge in [-0.25, -0.2) is 18.6 Å². The molecule has 0 aromatic carbocycles. The zero-order valence-corrected chi connectivity index (χ0v) is 8.85. The molecule has 0 aliphatic rings. The molecule has 1 rings (SSSR count). The monoisotopic (exact) mass is 237 g/mol. The maximum absolute atomic E-state index is 12.1. The van der Waals surface area contributed by atoms with E-state index in [0.717, 1.165) is 0 Å². The molecule has 1 heterocycles. The predicted octanol–water partition coefficient (Wildman–Crippen LogP) is 1.54. The average molecular weight is 237 g/mol. The Bertz CT molecular complexity index is 367. The van der Waals surface area contributed by atoms with E-state index in [1.54, 1.807) is 0 Å². The number of hydrogen-bond acceptors (Lipinski definition) is 5. The fraction of sp³-hybridized carbons (Fsp3) is 0.500. The van der Waals surface area contributed by atoms with Gasteiger partial charge in [0.05, 0.1) is 12.8 Å². The van der Waals surface area contributed by atoms with Crippen molar-refractivity contribution in [2.75, 3.05) is 7.11 Å². The van der Waals surface area contributed by atoms with Gasteiger partial charge in [0.15, 0.2) is 6.10 Å². The molecule has 1 aromatic rings. The van der Waals surface area contributed by atoms with E-state index >= 15 is 0 Å². The molecule has 1 atom stereocenters. The van der Waals surface area contributed by atoms with E-state index in [1.807, 2.05) is 0 Å². The summed E-state index contributed by atoms with van der Waals surface area (Å²) in [6.07, 6.45) is -4.87. The minimum atomic E-state index is -2.92. The molecule has 1 aromatic heterocycles. The second-order valence-electron chi connectivity index (χ2n) is 2.74. The summed E-state index contributed by atoms with van der Waals surface area (Å²) < 4.78 is 28.7. The van der Waals surface area contributed by atoms with Gasteiger partial charge in [0.1, 0.15) is 9.88 Å². The van der Waals surface area contributed by atoms with E-state index in [4.69, 9.17) is 5.11 Å². The number of nitrogens with zero attached hydrogens (tertiary/aromatic N) is 1. The van der Waals surface area contributed by atoms with E-state index in [-0.39, 0.29) is 15.6 Å². The largest absolute Gasteiger partial charge is 0.465 e. The van der Waals surface area contributed by atoms with Crippen LogP contribution in [0, 0.1) is 6.92 Å². The number of aliphatic hydroxyl groups excluding tert-OH is 1. The zero-order valence-electron chi connectivity index (χ0n) is 8.03. The Labute approximate surface area is 88.5 Å². The number of carbonyl (C=O) groups is 1. The molecule has 15 heavy (non-hydrogen) atoms. The molecule has 1 unspecified atom stereocenters. The van der Waals surface area contributed by atoms with Gasteiger partial charge in [-0.3, -0.25) is 0 Å². The summed E-state index contributed by atoms with van der Waals surface area (Å²) in [6, 6.07) is 0. The Hall–Kier alpha value is -1.08. The third-order valence-electron chi connectivity index (χ3n) is 1.68. The van der Waals surface area contributed by atoms with Crippen LogP contribution in [0.15, 0.2) is 0 Å². The smallest absolute Gasteiger partial charge is 0.349 e. The van der Waals surface area contributed by atoms with Gasteiger partial charge in [-0.2, -0.15) is 0 Å². The first-order chi connectivity index (χ1) is 6.97. The Balaban J connectivity index is 3.00. The summed E-state index contributed by atoms with van der Waals surface area (Å²) >= 11 is 0.713. The number of carbonyl (C=O) groups excluding carboxylic acids is 1. The first kappa shape index (κ1) is 12.0. The number of aliphatic hydroxyl groups is 1. The van der Waals surface area contributed by atoms with Crippen LogP contribution in [0.4, 0.5) is 8.78 Å². The van der Waals surface area contributed by atoms with Crippen LogP contribution in [0.25, 0.3) is 0 Å². The summed E-state index contributed by atoms with van der Waals surface area (Å²) in [4.78, 5) is 14.9. The molecule has 0 aliphatic heterocycles. The highest BCUT2D eigenvalue weighted by molar-refractivity contribution is 7.13. The van der Waals surface area contributed by atoms with Crippen molar-refractivity contribution < 1.29 is 23.4 Å². The Morgan fingerprint density at radius 3 is 2.67 bits per heavy atom. The van der Waals surface area contributed by atoms with Gasteiger partial charge in [0.25, 0.3) is 6.43 Å². The summed E-state index contributed by atoms with van der Waals surface area (Å²) in [7, 11) is 1.19. The predicted molar refractivity (Wildman–Crippen MR) is 49.2 cm³/mol. The summed E-state index contributed by atoms with van der Waals surface area (Å²) in [6.45, 7) is 1.49. The fourth-order valence-corrected chi connectivity index (χ4v) is 1.91. The van der Waals surface area contributed by atoms with Crippen LogP contribution < -0.4 is 0 Å². The lowest BCUT2D eigenvalue weighted by Crippen LogP contribution is -2.07. The number of aryl methyl sites for hydroxylation is 1. The van der Waals surface area contributed by atoms with Crippen LogP contribution in [0.3, 0.4) is 0 Å². The average Bonchev–Trinajstić information content (AvgIpc) is 2.57. The molecular weight excluding hydrogens is 228 g/mol. The lowest BCUT2D eigenvalue weighted by atomic mass is 10.4. The van der Waals surface area contributed by atoms with Crippen LogP contribution in [0.2, 0.25) is 0 Å². The van der Waals surface area contributed by atoms with Crippen LogP contribution in [0.5, 0.6) is 0 Å². The highest BCUT2D eigenvalue weighted by atomic mass is 32.1. The van der Waals surface area contributed by atoms with E-state index in [0.29, 0.717) is 11.3 Å². The molecule has 0 amide bonds. The molecule has 84 valence electrons. The number of aromatic nitrogens is 1. The third-order valence-corrected chi connectivity index (χ3v) is 2.88. The number of halogens is 2. The molecular formula is C8H9F2NO3S. The van der Waals surface area contributed by atoms with E-state index < -0.39 is 18.5 Å². The summed E-state index contributed by atoms with van der Waals surface area (Å²) in [5.41, 5.74) is 0.279. The molecule has 0 saturated heterocycles. The Morgan fingerprint density at radius 2 is 2.20 bits per heavy atom. The van der Waals surface area contributed by atoms with Crippen LogP contribution in [-0.4, -0.2) is 29.6 Å². The van der Waals surface area contributed by atoms with Crippen molar-refractivity contribution in [2.45, 2.75) is 19.5 Å². The van der Waals surface area contributed by atoms with Gasteiger partial charge in [-0.05, 0) is 6.92 Å². The molecule has 7 heteroatoms. The van der Waals surface area contributed by atoms with Crippen molar-refractivity contribution in [1.82, 2.24) is 4.98 Å². The van der Waals surface area contributed by atoms with Gasteiger partial charge in [0, 0.05) is 0 Å². The number of thiazole rings is 1. The van der Waals surface area contributed by atoms with Crippen molar-refractivity contribution in [3.05, 3.63) is 15.6 Å². The molecule has 0 radical (unpaired) electrons. The SMILES string of the molecule is COC(=O)c1sc(C(O)C(F)F)nc1C. The summed E-state index contributed by atoms with van der Waals surface area (Å²) in [5, 5.41) is 8.86. The Kier molecular flexibility index (Phi) is 3.70. The van der Waals surface area contributed by atoms with Gasteiger partial charge in [0.2, 0.25) is 0 Å². The molecule has 0 saturated carbocycles. The van der Waals surface area contributed by atoms with Gasteiger partial charge in [-0.15, -0.1) is 11.3 Å². The zero-order chi connectivity index (χ0) is 11.6. The molecule has 0 aliphatic carbocycles. The van der Waals surface area contributed by atoms with E-state index in [2.05, 4.69) is 9.72 Å². The Morgan fingerprint density at radius 1 is 1.60 bits per heavy atom. The van der Waals surface area contributed by atoms with Gasteiger partial charge < -0.3 is 9.84 Å². The highest BCUT2D eigenvalue weighted by Crippen LogP contribution is 2.27. The van der Waals surface area contributed by atoms with E-state index in [9.17, 15) is 13.6 Å². The lowest BCUT2D eigenvalue weighted by Gasteiger charge is -2.03. The number of alkyl halides is 2. The maximum Gasteiger partial charge on any atom is 0.349 e. The molecule has 1 N–H and O–H groups in total. The minimum Gasteiger partial charge on any atom is -0.465 e. The molecule has 4 nitrogen and oxygen atoms in total. The van der Waals surface area contributed by atoms with Gasteiger partial charge >= 0.3 is 5.97 Å². The maximum atomic E-state index is 12.1. The summed E-state index contributed by atoms with van der Waals surface area (Å²) in [5.74, 6) is -0.641. The molecule has 0 fully saturated rings. The first-order valence-electron chi connectivity index (χ1n) is 3.99. The van der Waals surface area contributed by atoms with Crippen LogP contribution >= 0.6 is 11.3 Å². The molecule has 0 bridgehead atoms. The first-order valence-corrected chi connectivity index (χ1v) is 4.81. The van der Waals surface area contributed by atoms with Crippen molar-refractivity contribution >= 4 is 17.3 Å². The number of rotatable bonds is 3. The third kappa shape index (κ3) is 2.48. The second-order valence-corrected chi connectivity index (χ2v) is 3.77. The quantitative estimate of drug-likeness (QED) is 0.810. The van der Waals surface area contributed by atoms with Crippen molar-refractivity contribution in [1.29, 1.82) is 0 Å². The number of hydrogen-bond donors (Lipinski definition) is 1. The topological polar surface area (TPSA) is 59.4 Å². The number of methoxy groups -OCH3 is 1. The number of esters is 1. The second kappa shape index (κ2) is 4.63. The molecule has 0 spiro atoms. The number of ether oxygens (including phenoxy) is 1. The highest BCUT2D eigenvalue weighted by Gasteiger charge is 2.25. The van der Waals surface area contributed by atoms with Crippen LogP contribution in [0.1, 0.15) is 26.5 Å². The lowest BCUT2D eigenvalue weighted by molar-refractivity contribution is -0.00593. The van der Waals surface area contributed by atoms with Gasteiger partial charge in [-0.1, -0.05) is 0 Å². The minimum absolute atomic E-state index is 0.132. The van der Waals surface area contributed by atoms with E-state index in [1.165, 1.54) is 14.0 Å². The van der Waals surface area contributed by atoms with Crippen LogP contribution in [-0.2, 0) is 4.74 Å². The normalized spacial score (nSPS) is 12.9. The van der Waals surface area contributed by atoms with Crippen molar-refractivity contribution in [3.8, 4) is 0 Å².